The molecular formula is C14H16N2. The van der Waals surface area contributed by atoms with Gasteiger partial charge in [-0.3, -0.25) is 0 Å². The highest BCUT2D eigenvalue weighted by Gasteiger charge is 2.76. The molecule has 0 N–H and O–H groups in total. The smallest absolute Gasteiger partial charge is 0.0853 e. The van der Waals surface area contributed by atoms with Gasteiger partial charge in [0.1, 0.15) is 0 Å². The number of nitriles is 2. The summed E-state index contributed by atoms with van der Waals surface area (Å²) in [5.74, 6) is 0.362. The molecule has 0 bridgehead atoms. The normalized spacial score (nSPS) is 47.0. The van der Waals surface area contributed by atoms with E-state index in [0.717, 1.165) is 25.7 Å². The predicted octanol–water partition coefficient (Wildman–Crippen LogP) is 3.18. The van der Waals surface area contributed by atoms with Gasteiger partial charge in [-0.15, -0.1) is 0 Å². The number of nitrogens with zero attached hydrogens (tertiary/aromatic N) is 2. The summed E-state index contributed by atoms with van der Waals surface area (Å²) < 4.78 is 0. The molecule has 0 spiro atoms. The van der Waals surface area contributed by atoms with E-state index in [2.05, 4.69) is 32.1 Å². The highest BCUT2D eigenvalue weighted by atomic mass is 14.8. The fourth-order valence-electron chi connectivity index (χ4n) is 4.66. The SMILES string of the molecule is CC1(C)C2=CCC[C@@H]2[C@@]2(C#N)CC[C@@]12C#N. The van der Waals surface area contributed by atoms with Crippen molar-refractivity contribution < 1.29 is 0 Å². The lowest BCUT2D eigenvalue weighted by molar-refractivity contribution is -0.0356. The maximum absolute atomic E-state index is 9.61. The predicted molar refractivity (Wildman–Crippen MR) is 59.9 cm³/mol. The molecule has 2 nitrogen and oxygen atoms in total. The maximum Gasteiger partial charge on any atom is 0.0853 e. The molecule has 2 saturated carbocycles. The van der Waals surface area contributed by atoms with Crippen LogP contribution < -0.4 is 0 Å². The van der Waals surface area contributed by atoms with Crippen LogP contribution in [0.5, 0.6) is 0 Å². The quantitative estimate of drug-likeness (QED) is 0.579. The number of hydrogen-bond acceptors (Lipinski definition) is 2. The first-order valence-corrected chi connectivity index (χ1v) is 6.09. The molecular weight excluding hydrogens is 196 g/mol. The first kappa shape index (κ1) is 9.91. The summed E-state index contributed by atoms with van der Waals surface area (Å²) in [5.41, 5.74) is 0.518. The second-order valence-corrected chi connectivity index (χ2v) is 6.01. The van der Waals surface area contributed by atoms with Crippen LogP contribution in [0.2, 0.25) is 0 Å². The van der Waals surface area contributed by atoms with Crippen LogP contribution in [0.3, 0.4) is 0 Å². The van der Waals surface area contributed by atoms with Gasteiger partial charge in [-0.05, 0) is 25.7 Å². The molecule has 0 amide bonds. The minimum atomic E-state index is -0.411. The van der Waals surface area contributed by atoms with Gasteiger partial charge in [-0.25, -0.2) is 0 Å². The monoisotopic (exact) mass is 212 g/mol. The lowest BCUT2D eigenvalue weighted by Crippen LogP contribution is -2.53. The summed E-state index contributed by atoms with van der Waals surface area (Å²) in [7, 11) is 0. The van der Waals surface area contributed by atoms with Crippen LogP contribution in [-0.4, -0.2) is 0 Å². The topological polar surface area (TPSA) is 47.6 Å². The Hall–Kier alpha value is -1.28. The van der Waals surface area contributed by atoms with Gasteiger partial charge in [0.15, 0.2) is 0 Å². The standard InChI is InChI=1S/C14H16N2/c1-12(2)10-4-3-5-11(10)13(8-15)6-7-14(12,13)9-16/h4,11H,3,5-7H2,1-2H3/t11-,13-,14+/m0/s1. The van der Waals surface area contributed by atoms with Crippen molar-refractivity contribution in [3.63, 3.8) is 0 Å². The molecule has 0 aromatic carbocycles. The maximum atomic E-state index is 9.61. The average Bonchev–Trinajstić information content (AvgIpc) is 2.71. The third-order valence-electron chi connectivity index (χ3n) is 5.62. The van der Waals surface area contributed by atoms with Crippen LogP contribution in [0.25, 0.3) is 0 Å². The molecule has 3 rings (SSSR count). The van der Waals surface area contributed by atoms with Crippen molar-refractivity contribution in [2.75, 3.05) is 0 Å². The molecule has 0 saturated heterocycles. The van der Waals surface area contributed by atoms with Crippen LogP contribution in [0, 0.1) is 44.8 Å². The third kappa shape index (κ3) is 0.653. The lowest BCUT2D eigenvalue weighted by atomic mass is 9.45. The van der Waals surface area contributed by atoms with E-state index < -0.39 is 5.41 Å². The van der Waals surface area contributed by atoms with Gasteiger partial charge in [0.05, 0.1) is 23.0 Å². The average molecular weight is 212 g/mol. The van der Waals surface area contributed by atoms with Crippen LogP contribution in [0.1, 0.15) is 39.5 Å². The second-order valence-electron chi connectivity index (χ2n) is 6.01. The van der Waals surface area contributed by atoms with E-state index in [9.17, 15) is 10.5 Å². The highest BCUT2D eigenvalue weighted by Crippen LogP contribution is 2.78. The van der Waals surface area contributed by atoms with Crippen LogP contribution >= 0.6 is 0 Å². The fourth-order valence-corrected chi connectivity index (χ4v) is 4.66. The molecule has 2 fully saturated rings. The molecule has 2 heteroatoms. The molecule has 0 radical (unpaired) electrons. The minimum Gasteiger partial charge on any atom is -0.198 e. The Morgan fingerprint density at radius 3 is 2.50 bits per heavy atom. The van der Waals surface area contributed by atoms with E-state index in [1.54, 1.807) is 0 Å². The lowest BCUT2D eigenvalue weighted by Gasteiger charge is -2.53. The highest BCUT2D eigenvalue weighted by molar-refractivity contribution is 5.47. The van der Waals surface area contributed by atoms with Gasteiger partial charge < -0.3 is 0 Å². The molecule has 0 aromatic rings. The largest absolute Gasteiger partial charge is 0.198 e. The van der Waals surface area contributed by atoms with E-state index in [1.165, 1.54) is 5.57 Å². The van der Waals surface area contributed by atoms with Crippen molar-refractivity contribution in [3.8, 4) is 12.1 Å². The van der Waals surface area contributed by atoms with E-state index in [0.29, 0.717) is 5.92 Å². The molecule has 3 atom stereocenters. The number of allylic oxidation sites excluding steroid dienone is 2. The van der Waals surface area contributed by atoms with Gasteiger partial charge in [-0.2, -0.15) is 10.5 Å². The van der Waals surface area contributed by atoms with Gasteiger partial charge in [-0.1, -0.05) is 25.5 Å². The van der Waals surface area contributed by atoms with Gasteiger partial charge in [0, 0.05) is 11.3 Å². The Morgan fingerprint density at radius 2 is 2.00 bits per heavy atom. The van der Waals surface area contributed by atoms with Crippen molar-refractivity contribution in [1.82, 2.24) is 0 Å². The Kier molecular flexibility index (Phi) is 1.56. The van der Waals surface area contributed by atoms with Gasteiger partial charge in [0.2, 0.25) is 0 Å². The molecule has 3 aliphatic rings. The summed E-state index contributed by atoms with van der Waals surface area (Å²) in [5, 5.41) is 19.2. The first-order chi connectivity index (χ1) is 7.56. The third-order valence-corrected chi connectivity index (χ3v) is 5.62. The summed E-state index contributed by atoms with van der Waals surface area (Å²) in [6.07, 6.45) is 6.28. The van der Waals surface area contributed by atoms with Crippen LogP contribution in [0.4, 0.5) is 0 Å². The molecule has 0 aliphatic heterocycles. The summed E-state index contributed by atoms with van der Waals surface area (Å²) in [6.45, 7) is 4.33. The Bertz CT molecular complexity index is 474. The summed E-state index contributed by atoms with van der Waals surface area (Å²) >= 11 is 0. The molecule has 16 heavy (non-hydrogen) atoms. The molecule has 82 valence electrons. The number of rotatable bonds is 0. The zero-order valence-electron chi connectivity index (χ0n) is 9.88. The van der Waals surface area contributed by atoms with Crippen LogP contribution in [0.15, 0.2) is 11.6 Å². The molecule has 0 heterocycles. The van der Waals surface area contributed by atoms with E-state index in [-0.39, 0.29) is 10.8 Å². The summed E-state index contributed by atoms with van der Waals surface area (Å²) in [4.78, 5) is 0. The number of fused-ring (bicyclic) bond motifs is 3. The van der Waals surface area contributed by atoms with Crippen molar-refractivity contribution in [2.24, 2.45) is 22.2 Å². The van der Waals surface area contributed by atoms with E-state index in [4.69, 9.17) is 0 Å². The van der Waals surface area contributed by atoms with Crippen molar-refractivity contribution in [3.05, 3.63) is 11.6 Å². The van der Waals surface area contributed by atoms with Crippen molar-refractivity contribution in [2.45, 2.75) is 39.5 Å². The Morgan fingerprint density at radius 1 is 1.25 bits per heavy atom. The van der Waals surface area contributed by atoms with Gasteiger partial charge >= 0.3 is 0 Å². The zero-order chi connectivity index (χ0) is 11.6. The molecule has 3 aliphatic carbocycles. The van der Waals surface area contributed by atoms with Gasteiger partial charge in [0.25, 0.3) is 0 Å². The van der Waals surface area contributed by atoms with E-state index in [1.807, 2.05) is 0 Å². The van der Waals surface area contributed by atoms with Crippen LogP contribution in [-0.2, 0) is 0 Å². The van der Waals surface area contributed by atoms with E-state index >= 15 is 0 Å². The Labute approximate surface area is 96.6 Å². The fraction of sp³-hybridized carbons (Fsp3) is 0.714. The molecule has 0 unspecified atom stereocenters. The van der Waals surface area contributed by atoms with Crippen molar-refractivity contribution in [1.29, 1.82) is 10.5 Å². The molecule has 0 aromatic heterocycles. The zero-order valence-corrected chi connectivity index (χ0v) is 9.88. The number of hydrogen-bond donors (Lipinski definition) is 0. The first-order valence-electron chi connectivity index (χ1n) is 6.09. The minimum absolute atomic E-state index is 0.100. The Balaban J connectivity index is 2.27. The summed E-state index contributed by atoms with van der Waals surface area (Å²) in [6, 6.07) is 5.06. The van der Waals surface area contributed by atoms with Crippen molar-refractivity contribution >= 4 is 0 Å². The second kappa shape index (κ2) is 2.51.